The van der Waals surface area contributed by atoms with Crippen LogP contribution in [0.4, 0.5) is 5.69 Å². The van der Waals surface area contributed by atoms with Crippen molar-refractivity contribution in [2.75, 3.05) is 26.0 Å². The van der Waals surface area contributed by atoms with Crippen LogP contribution in [-0.2, 0) is 14.8 Å². The van der Waals surface area contributed by atoms with E-state index in [0.717, 1.165) is 0 Å². The lowest BCUT2D eigenvalue weighted by atomic mass is 10.2. The molecule has 2 N–H and O–H groups in total. The highest BCUT2D eigenvalue weighted by molar-refractivity contribution is 9.10. The lowest BCUT2D eigenvalue weighted by Gasteiger charge is -2.26. The molecule has 1 rings (SSSR count). The molecule has 0 saturated heterocycles. The van der Waals surface area contributed by atoms with Crippen LogP contribution in [0.2, 0.25) is 0 Å². The fraction of sp³-hybridized carbons (Fsp3) is 0.538. The van der Waals surface area contributed by atoms with Gasteiger partial charge < -0.3 is 10.5 Å². The van der Waals surface area contributed by atoms with Crippen LogP contribution in [-0.4, -0.2) is 39.0 Å². The molecule has 0 aliphatic rings. The first-order valence-corrected chi connectivity index (χ1v) is 8.51. The zero-order valence-corrected chi connectivity index (χ0v) is 14.6. The summed E-state index contributed by atoms with van der Waals surface area (Å²) < 4.78 is 32.7. The van der Waals surface area contributed by atoms with Crippen LogP contribution in [0.25, 0.3) is 0 Å². The number of methoxy groups -OCH3 is 1. The number of nitrogen functional groups attached to an aromatic ring is 1. The summed E-state index contributed by atoms with van der Waals surface area (Å²) in [5.41, 5.74) is 6.88. The summed E-state index contributed by atoms with van der Waals surface area (Å²) >= 11 is 3.29. The molecule has 0 spiro atoms. The maximum atomic E-state index is 12.8. The van der Waals surface area contributed by atoms with Gasteiger partial charge in [-0.2, -0.15) is 4.31 Å². The van der Waals surface area contributed by atoms with E-state index in [1.54, 1.807) is 26.2 Å². The second-order valence-corrected chi connectivity index (χ2v) is 7.60. The van der Waals surface area contributed by atoms with Gasteiger partial charge in [-0.3, -0.25) is 0 Å². The zero-order chi connectivity index (χ0) is 15.5. The minimum absolute atomic E-state index is 0.158. The van der Waals surface area contributed by atoms with Crippen molar-refractivity contribution in [2.24, 2.45) is 0 Å². The van der Waals surface area contributed by atoms with Crippen molar-refractivity contribution < 1.29 is 13.2 Å². The zero-order valence-electron chi connectivity index (χ0n) is 12.2. The van der Waals surface area contributed by atoms with Gasteiger partial charge in [-0.15, -0.1) is 0 Å². The smallest absolute Gasteiger partial charge is 0.243 e. The Kier molecular flexibility index (Phi) is 6.00. The third-order valence-electron chi connectivity index (χ3n) is 3.04. The largest absolute Gasteiger partial charge is 0.398 e. The molecule has 7 heteroatoms. The van der Waals surface area contributed by atoms with E-state index in [4.69, 9.17) is 10.5 Å². The van der Waals surface area contributed by atoms with Gasteiger partial charge in [0.1, 0.15) is 0 Å². The molecule has 1 aromatic carbocycles. The summed E-state index contributed by atoms with van der Waals surface area (Å²) in [5.74, 6) is 0. The minimum Gasteiger partial charge on any atom is -0.398 e. The van der Waals surface area contributed by atoms with Crippen molar-refractivity contribution in [2.45, 2.75) is 31.7 Å². The molecule has 1 aromatic rings. The number of rotatable bonds is 6. The SMILES string of the molecule is COCCN(C(C)C)S(=O)(=O)c1cc(Br)cc(N)c1C. The number of benzene rings is 1. The number of sulfonamides is 1. The van der Waals surface area contributed by atoms with Gasteiger partial charge in [0.25, 0.3) is 0 Å². The standard InChI is InChI=1S/C13H21BrN2O3S/c1-9(2)16(5-6-19-4)20(17,18)13-8-11(14)7-12(15)10(13)3/h7-9H,5-6,15H2,1-4H3. The molecular weight excluding hydrogens is 344 g/mol. The van der Waals surface area contributed by atoms with Gasteiger partial charge in [0.2, 0.25) is 10.0 Å². The van der Waals surface area contributed by atoms with Crippen molar-refractivity contribution >= 4 is 31.6 Å². The van der Waals surface area contributed by atoms with Crippen LogP contribution in [0.1, 0.15) is 19.4 Å². The van der Waals surface area contributed by atoms with E-state index in [9.17, 15) is 8.42 Å². The maximum Gasteiger partial charge on any atom is 0.243 e. The van der Waals surface area contributed by atoms with Gasteiger partial charge in [0.05, 0.1) is 11.5 Å². The molecule has 0 aliphatic carbocycles. The Balaban J connectivity index is 3.33. The van der Waals surface area contributed by atoms with Crippen molar-refractivity contribution in [3.63, 3.8) is 0 Å². The summed E-state index contributed by atoms with van der Waals surface area (Å²) in [5, 5.41) is 0. The van der Waals surface area contributed by atoms with E-state index in [2.05, 4.69) is 15.9 Å². The lowest BCUT2D eigenvalue weighted by molar-refractivity contribution is 0.171. The van der Waals surface area contributed by atoms with Crippen LogP contribution < -0.4 is 5.73 Å². The summed E-state index contributed by atoms with van der Waals surface area (Å²) in [4.78, 5) is 0.231. The third kappa shape index (κ3) is 3.72. The fourth-order valence-electron chi connectivity index (χ4n) is 1.91. The second-order valence-electron chi connectivity index (χ2n) is 4.82. The Labute approximate surface area is 129 Å². The van der Waals surface area contributed by atoms with E-state index in [1.807, 2.05) is 13.8 Å². The molecule has 20 heavy (non-hydrogen) atoms. The molecule has 0 radical (unpaired) electrons. The van der Waals surface area contributed by atoms with E-state index >= 15 is 0 Å². The average molecular weight is 365 g/mol. The predicted molar refractivity (Wildman–Crippen MR) is 84.2 cm³/mol. The number of halogens is 1. The molecule has 0 fully saturated rings. The van der Waals surface area contributed by atoms with E-state index in [-0.39, 0.29) is 10.9 Å². The Bertz CT molecular complexity index is 573. The molecule has 0 bridgehead atoms. The number of nitrogens with two attached hydrogens (primary N) is 1. The summed E-state index contributed by atoms with van der Waals surface area (Å²) in [6.45, 7) is 6.04. The minimum atomic E-state index is -3.60. The Morgan fingerprint density at radius 3 is 2.50 bits per heavy atom. The van der Waals surface area contributed by atoms with E-state index in [1.165, 1.54) is 4.31 Å². The first kappa shape index (κ1) is 17.4. The second kappa shape index (κ2) is 6.89. The number of ether oxygens (including phenoxy) is 1. The van der Waals surface area contributed by atoms with Gasteiger partial charge in [0.15, 0.2) is 0 Å². The van der Waals surface area contributed by atoms with Gasteiger partial charge in [0, 0.05) is 29.9 Å². The molecular formula is C13H21BrN2O3S. The molecule has 5 nitrogen and oxygen atoms in total. The Morgan fingerprint density at radius 2 is 2.00 bits per heavy atom. The third-order valence-corrected chi connectivity index (χ3v) is 5.70. The van der Waals surface area contributed by atoms with Gasteiger partial charge >= 0.3 is 0 Å². The lowest BCUT2D eigenvalue weighted by Crippen LogP contribution is -2.39. The summed E-state index contributed by atoms with van der Waals surface area (Å²) in [6, 6.07) is 3.13. The molecule has 0 saturated carbocycles. The normalized spacial score (nSPS) is 12.3. The highest BCUT2D eigenvalue weighted by Gasteiger charge is 2.29. The van der Waals surface area contributed by atoms with Crippen molar-refractivity contribution in [1.82, 2.24) is 4.31 Å². The number of anilines is 1. The predicted octanol–water partition coefficient (Wildman–Crippen LogP) is 2.39. The van der Waals surface area contributed by atoms with Crippen molar-refractivity contribution in [3.8, 4) is 0 Å². The van der Waals surface area contributed by atoms with Crippen molar-refractivity contribution in [1.29, 1.82) is 0 Å². The van der Waals surface area contributed by atoms with Crippen LogP contribution in [0, 0.1) is 6.92 Å². The van der Waals surface area contributed by atoms with Crippen molar-refractivity contribution in [3.05, 3.63) is 22.2 Å². The fourth-order valence-corrected chi connectivity index (χ4v) is 4.44. The van der Waals surface area contributed by atoms with Crippen LogP contribution >= 0.6 is 15.9 Å². The molecule has 0 atom stereocenters. The molecule has 0 aliphatic heterocycles. The molecule has 114 valence electrons. The van der Waals surface area contributed by atoms with Crippen LogP contribution in [0.3, 0.4) is 0 Å². The average Bonchev–Trinajstić information content (AvgIpc) is 2.33. The first-order valence-electron chi connectivity index (χ1n) is 6.28. The van der Waals surface area contributed by atoms with Gasteiger partial charge in [-0.25, -0.2) is 8.42 Å². The number of hydrogen-bond donors (Lipinski definition) is 1. The summed E-state index contributed by atoms with van der Waals surface area (Å²) in [7, 11) is -2.06. The Hall–Kier alpha value is -0.630. The maximum absolute atomic E-state index is 12.8. The molecule has 0 unspecified atom stereocenters. The van der Waals surface area contributed by atoms with E-state index < -0.39 is 10.0 Å². The first-order chi connectivity index (χ1) is 9.21. The van der Waals surface area contributed by atoms with E-state index in [0.29, 0.717) is 28.9 Å². The molecule has 0 amide bonds. The monoisotopic (exact) mass is 364 g/mol. The van der Waals surface area contributed by atoms with Gasteiger partial charge in [-0.05, 0) is 38.5 Å². The van der Waals surface area contributed by atoms with Crippen LogP contribution in [0.15, 0.2) is 21.5 Å². The quantitative estimate of drug-likeness (QED) is 0.786. The summed E-state index contributed by atoms with van der Waals surface area (Å²) in [6.07, 6.45) is 0. The molecule has 0 heterocycles. The van der Waals surface area contributed by atoms with Crippen LogP contribution in [0.5, 0.6) is 0 Å². The van der Waals surface area contributed by atoms with Gasteiger partial charge in [-0.1, -0.05) is 15.9 Å². The highest BCUT2D eigenvalue weighted by atomic mass is 79.9. The highest BCUT2D eigenvalue weighted by Crippen LogP contribution is 2.29. The molecule has 0 aromatic heterocycles. The number of nitrogens with zero attached hydrogens (tertiary/aromatic N) is 1. The topological polar surface area (TPSA) is 72.6 Å². The Morgan fingerprint density at radius 1 is 1.40 bits per heavy atom. The number of hydrogen-bond acceptors (Lipinski definition) is 4.